The molecule has 1 aliphatic rings. The average molecular weight is 294 g/mol. The molecule has 112 valence electrons. The van der Waals surface area contributed by atoms with Crippen LogP contribution in [0.5, 0.6) is 0 Å². The van der Waals surface area contributed by atoms with E-state index in [0.29, 0.717) is 17.0 Å². The van der Waals surface area contributed by atoms with Gasteiger partial charge in [-0.25, -0.2) is 0 Å². The van der Waals surface area contributed by atoms with Crippen molar-refractivity contribution in [3.8, 4) is 6.07 Å². The third kappa shape index (κ3) is 2.73. The molecule has 0 amide bonds. The van der Waals surface area contributed by atoms with Crippen LogP contribution in [0.3, 0.4) is 0 Å². The lowest BCUT2D eigenvalue weighted by Gasteiger charge is -2.34. The van der Waals surface area contributed by atoms with E-state index >= 15 is 0 Å². The van der Waals surface area contributed by atoms with E-state index in [4.69, 9.17) is 0 Å². The van der Waals surface area contributed by atoms with E-state index in [1.807, 2.05) is 12.1 Å². The van der Waals surface area contributed by atoms with Gasteiger partial charge in [0.15, 0.2) is 5.78 Å². The molecule has 1 saturated heterocycles. The molecule has 5 heteroatoms. The van der Waals surface area contributed by atoms with Gasteiger partial charge in [0, 0.05) is 36.5 Å². The number of nitrogens with zero attached hydrogens (tertiary/aromatic N) is 3. The fraction of sp³-hybridized carbons (Fsp3) is 0.353. The third-order valence-electron chi connectivity index (χ3n) is 4.25. The normalized spacial score (nSPS) is 18.0. The number of H-pyrrole nitrogens is 1. The number of hydrogen-bond donors (Lipinski definition) is 1. The van der Waals surface area contributed by atoms with E-state index in [9.17, 15) is 10.1 Å². The molecular weight excluding hydrogens is 276 g/mol. The summed E-state index contributed by atoms with van der Waals surface area (Å²) in [6.07, 6.45) is 3.93. The monoisotopic (exact) mass is 294 g/mol. The summed E-state index contributed by atoms with van der Waals surface area (Å²) >= 11 is 0. The summed E-state index contributed by atoms with van der Waals surface area (Å²) in [6.45, 7) is 3.29. The number of hydrogen-bond acceptors (Lipinski definition) is 4. The second-order valence-corrected chi connectivity index (χ2v) is 5.70. The third-order valence-corrected chi connectivity index (χ3v) is 4.25. The number of carbonyl (C=O) groups is 1. The molecule has 1 aromatic carbocycles. The Hall–Kier alpha value is -2.61. The van der Waals surface area contributed by atoms with Gasteiger partial charge in [0.1, 0.15) is 6.07 Å². The highest BCUT2D eigenvalue weighted by Gasteiger charge is 2.24. The first-order valence-corrected chi connectivity index (χ1v) is 7.48. The second-order valence-electron chi connectivity index (χ2n) is 5.70. The first-order valence-electron chi connectivity index (χ1n) is 7.48. The molecule has 1 aliphatic heterocycles. The molecule has 1 unspecified atom stereocenters. The van der Waals surface area contributed by atoms with E-state index in [-0.39, 0.29) is 5.78 Å². The first kappa shape index (κ1) is 14.3. The number of nitriles is 1. The zero-order valence-electron chi connectivity index (χ0n) is 12.5. The lowest BCUT2D eigenvalue weighted by atomic mass is 9.93. The quantitative estimate of drug-likeness (QED) is 0.883. The van der Waals surface area contributed by atoms with E-state index < -0.39 is 0 Å². The van der Waals surface area contributed by atoms with Crippen molar-refractivity contribution in [2.45, 2.75) is 25.7 Å². The number of piperidine rings is 1. The Morgan fingerprint density at radius 1 is 1.45 bits per heavy atom. The number of nitrogens with one attached hydrogen (secondary N) is 1. The fourth-order valence-corrected chi connectivity index (χ4v) is 3.05. The zero-order valence-corrected chi connectivity index (χ0v) is 12.5. The van der Waals surface area contributed by atoms with Gasteiger partial charge in [-0.1, -0.05) is 0 Å². The largest absolute Gasteiger partial charge is 0.370 e. The number of anilines is 1. The predicted octanol–water partition coefficient (Wildman–Crippen LogP) is 2.87. The van der Waals surface area contributed by atoms with Gasteiger partial charge in [-0.15, -0.1) is 0 Å². The molecule has 0 radical (unpaired) electrons. The van der Waals surface area contributed by atoms with E-state index in [0.717, 1.165) is 37.3 Å². The van der Waals surface area contributed by atoms with Gasteiger partial charge >= 0.3 is 0 Å². The highest BCUT2D eigenvalue weighted by molar-refractivity contribution is 5.95. The summed E-state index contributed by atoms with van der Waals surface area (Å²) in [5, 5.41) is 16.4. The van der Waals surface area contributed by atoms with Crippen LogP contribution in [0.2, 0.25) is 0 Å². The number of carbonyl (C=O) groups excluding carboxylic acids is 1. The van der Waals surface area contributed by atoms with Crippen LogP contribution < -0.4 is 4.90 Å². The van der Waals surface area contributed by atoms with Gasteiger partial charge in [-0.05, 0) is 44.0 Å². The van der Waals surface area contributed by atoms with Crippen molar-refractivity contribution in [1.29, 1.82) is 5.26 Å². The molecule has 3 rings (SSSR count). The van der Waals surface area contributed by atoms with Crippen molar-refractivity contribution in [2.75, 3.05) is 18.0 Å². The first-order chi connectivity index (χ1) is 10.7. The summed E-state index contributed by atoms with van der Waals surface area (Å²) < 4.78 is 0. The Morgan fingerprint density at radius 3 is 3.00 bits per heavy atom. The summed E-state index contributed by atoms with van der Waals surface area (Å²) in [4.78, 5) is 13.8. The molecule has 22 heavy (non-hydrogen) atoms. The SMILES string of the molecule is CC(=O)c1ccc(C#N)c(N2CCCC(c3ccn[nH]3)C2)c1. The fourth-order valence-electron chi connectivity index (χ4n) is 3.05. The maximum absolute atomic E-state index is 11.6. The number of aromatic amines is 1. The van der Waals surface area contributed by atoms with Crippen LogP contribution in [0.25, 0.3) is 0 Å². The minimum atomic E-state index is 0.0212. The standard InChI is InChI=1S/C17H18N4O/c1-12(22)13-4-5-14(10-18)17(9-13)21-8-2-3-15(11-21)16-6-7-19-20-16/h4-7,9,15H,2-3,8,11H2,1H3,(H,19,20). The summed E-state index contributed by atoms with van der Waals surface area (Å²) in [5.41, 5.74) is 3.26. The van der Waals surface area contributed by atoms with Crippen LogP contribution in [0, 0.1) is 11.3 Å². The second kappa shape index (κ2) is 6.02. The topological polar surface area (TPSA) is 72.8 Å². The van der Waals surface area contributed by atoms with Crippen molar-refractivity contribution in [2.24, 2.45) is 0 Å². The van der Waals surface area contributed by atoms with Gasteiger partial charge in [0.2, 0.25) is 0 Å². The molecule has 1 atom stereocenters. The lowest BCUT2D eigenvalue weighted by molar-refractivity contribution is 0.101. The molecule has 1 fully saturated rings. The van der Waals surface area contributed by atoms with Crippen molar-refractivity contribution in [3.63, 3.8) is 0 Å². The molecule has 0 saturated carbocycles. The summed E-state index contributed by atoms with van der Waals surface area (Å²) in [6, 6.07) is 9.55. The predicted molar refractivity (Wildman–Crippen MR) is 83.9 cm³/mol. The molecular formula is C17H18N4O. The minimum Gasteiger partial charge on any atom is -0.370 e. The Balaban J connectivity index is 1.91. The Morgan fingerprint density at radius 2 is 2.32 bits per heavy atom. The van der Waals surface area contributed by atoms with Crippen LogP contribution in [0.1, 0.15) is 47.3 Å². The van der Waals surface area contributed by atoms with Gasteiger partial charge in [0.25, 0.3) is 0 Å². The Labute approximate surface area is 129 Å². The Kier molecular flexibility index (Phi) is 3.92. The highest BCUT2D eigenvalue weighted by atomic mass is 16.1. The lowest BCUT2D eigenvalue weighted by Crippen LogP contribution is -2.35. The van der Waals surface area contributed by atoms with Crippen LogP contribution in [0.4, 0.5) is 5.69 Å². The van der Waals surface area contributed by atoms with Crippen molar-refractivity contribution in [3.05, 3.63) is 47.3 Å². The summed E-state index contributed by atoms with van der Waals surface area (Å²) in [7, 11) is 0. The molecule has 1 N–H and O–H groups in total. The number of benzene rings is 1. The number of Topliss-reactive ketones (excluding diaryl/α,β-unsaturated/α-hetero) is 1. The molecule has 1 aromatic heterocycles. The molecule has 2 aromatic rings. The van der Waals surface area contributed by atoms with E-state index in [2.05, 4.69) is 21.2 Å². The number of ketones is 1. The smallest absolute Gasteiger partial charge is 0.159 e. The number of rotatable bonds is 3. The molecule has 2 heterocycles. The van der Waals surface area contributed by atoms with Gasteiger partial charge < -0.3 is 4.90 Å². The molecule has 0 spiro atoms. The van der Waals surface area contributed by atoms with Crippen LogP contribution in [-0.2, 0) is 0 Å². The summed E-state index contributed by atoms with van der Waals surface area (Å²) in [5.74, 6) is 0.400. The van der Waals surface area contributed by atoms with Crippen LogP contribution in [-0.4, -0.2) is 29.1 Å². The average Bonchev–Trinajstić information content (AvgIpc) is 3.09. The maximum Gasteiger partial charge on any atom is 0.159 e. The molecule has 0 aliphatic carbocycles. The minimum absolute atomic E-state index is 0.0212. The zero-order chi connectivity index (χ0) is 15.5. The van der Waals surface area contributed by atoms with Crippen LogP contribution in [0.15, 0.2) is 30.5 Å². The van der Waals surface area contributed by atoms with Crippen molar-refractivity contribution >= 4 is 11.5 Å². The maximum atomic E-state index is 11.6. The number of aromatic nitrogens is 2. The van der Waals surface area contributed by atoms with Crippen molar-refractivity contribution in [1.82, 2.24) is 10.2 Å². The van der Waals surface area contributed by atoms with Crippen LogP contribution >= 0.6 is 0 Å². The Bertz CT molecular complexity index is 715. The molecule has 5 nitrogen and oxygen atoms in total. The van der Waals surface area contributed by atoms with Gasteiger partial charge in [-0.2, -0.15) is 10.4 Å². The van der Waals surface area contributed by atoms with Crippen molar-refractivity contribution < 1.29 is 4.79 Å². The highest BCUT2D eigenvalue weighted by Crippen LogP contribution is 2.31. The van der Waals surface area contributed by atoms with Gasteiger partial charge in [-0.3, -0.25) is 9.89 Å². The van der Waals surface area contributed by atoms with E-state index in [1.165, 1.54) is 0 Å². The molecule has 0 bridgehead atoms. The van der Waals surface area contributed by atoms with E-state index in [1.54, 1.807) is 25.3 Å². The van der Waals surface area contributed by atoms with Gasteiger partial charge in [0.05, 0.1) is 11.3 Å².